The number of amides is 2. The first kappa shape index (κ1) is 26.2. The Kier molecular flexibility index (Phi) is 7.71. The van der Waals surface area contributed by atoms with E-state index in [1.54, 1.807) is 12.1 Å². The highest BCUT2D eigenvalue weighted by atomic mass is 35.5. The van der Waals surface area contributed by atoms with Crippen molar-refractivity contribution in [2.45, 2.75) is 29.8 Å². The molecule has 1 aliphatic rings. The van der Waals surface area contributed by atoms with Crippen molar-refractivity contribution in [1.29, 1.82) is 0 Å². The second-order valence-electron chi connectivity index (χ2n) is 7.71. The largest absolute Gasteiger partial charge is 0.392 e. The van der Waals surface area contributed by atoms with Crippen LogP contribution in [0.5, 0.6) is 0 Å². The highest BCUT2D eigenvalue weighted by Gasteiger charge is 2.67. The summed E-state index contributed by atoms with van der Waals surface area (Å²) in [6.45, 7) is 0.904. The monoisotopic (exact) mass is 560 g/mol. The van der Waals surface area contributed by atoms with Gasteiger partial charge in [-0.15, -0.1) is 23.2 Å². The van der Waals surface area contributed by atoms with Gasteiger partial charge in [-0.05, 0) is 42.0 Å². The molecule has 1 fully saturated rings. The summed E-state index contributed by atoms with van der Waals surface area (Å²) in [7, 11) is 0. The van der Waals surface area contributed by atoms with Gasteiger partial charge in [0.2, 0.25) is 11.8 Å². The van der Waals surface area contributed by atoms with Crippen molar-refractivity contribution in [2.24, 2.45) is 11.8 Å². The Bertz CT molecular complexity index is 1070. The molecule has 2 aromatic rings. The Morgan fingerprint density at radius 1 is 1.03 bits per heavy atom. The molecule has 0 spiro atoms. The first-order valence-corrected chi connectivity index (χ1v) is 11.4. The number of benzene rings is 2. The smallest absolute Gasteiger partial charge is 0.326 e. The van der Waals surface area contributed by atoms with Gasteiger partial charge in [0.15, 0.2) is 0 Å². The highest BCUT2D eigenvalue weighted by molar-refractivity contribution is 6.53. The van der Waals surface area contributed by atoms with E-state index in [1.165, 1.54) is 24.3 Å². The number of rotatable bonds is 6. The van der Waals surface area contributed by atoms with Crippen LogP contribution in [0, 0.1) is 11.8 Å². The van der Waals surface area contributed by atoms with Crippen LogP contribution >= 0.6 is 58.0 Å². The topological polar surface area (TPSA) is 58.2 Å². The molecule has 0 saturated heterocycles. The maximum absolute atomic E-state index is 12.8. The molecule has 2 amide bonds. The van der Waals surface area contributed by atoms with Gasteiger partial charge < -0.3 is 10.6 Å². The van der Waals surface area contributed by atoms with Gasteiger partial charge in [-0.25, -0.2) is 0 Å². The minimum atomic E-state index is -4.50. The van der Waals surface area contributed by atoms with E-state index in [2.05, 4.69) is 10.6 Å². The molecule has 4 nitrogen and oxygen atoms in total. The lowest BCUT2D eigenvalue weighted by Crippen LogP contribution is -2.25. The summed E-state index contributed by atoms with van der Waals surface area (Å²) in [5.74, 6) is -4.59. The second kappa shape index (κ2) is 9.70. The van der Waals surface area contributed by atoms with Gasteiger partial charge in [-0.1, -0.05) is 41.7 Å². The minimum Gasteiger partial charge on any atom is -0.326 e. The number of carbonyl (C=O) groups is 2. The van der Waals surface area contributed by atoms with E-state index in [-0.39, 0.29) is 16.4 Å². The number of hydrogen-bond acceptors (Lipinski definition) is 2. The molecule has 3 rings (SSSR count). The van der Waals surface area contributed by atoms with Crippen LogP contribution in [0.15, 0.2) is 36.4 Å². The van der Waals surface area contributed by atoms with Crippen molar-refractivity contribution in [1.82, 2.24) is 0 Å². The molecule has 1 aliphatic carbocycles. The zero-order chi connectivity index (χ0) is 24.7. The molecule has 0 aromatic heterocycles. The fourth-order valence-corrected chi connectivity index (χ4v) is 4.87. The molecule has 2 aromatic carbocycles. The first-order chi connectivity index (χ1) is 15.2. The maximum atomic E-state index is 12.8. The summed E-state index contributed by atoms with van der Waals surface area (Å²) in [6, 6.07) is 8.94. The van der Waals surface area contributed by atoms with E-state index in [9.17, 15) is 22.8 Å². The minimum absolute atomic E-state index is 0.0471. The first-order valence-electron chi connectivity index (χ1n) is 9.51. The Morgan fingerprint density at radius 3 is 2.21 bits per heavy atom. The van der Waals surface area contributed by atoms with Crippen LogP contribution in [0.4, 0.5) is 24.5 Å². The molecule has 12 heteroatoms. The predicted octanol–water partition coefficient (Wildman–Crippen LogP) is 7.70. The molecule has 1 saturated carbocycles. The van der Waals surface area contributed by atoms with E-state index in [1.807, 2.05) is 0 Å². The fraction of sp³-hybridized carbons (Fsp3) is 0.333. The molecular weight excluding hydrogens is 547 g/mol. The molecule has 2 N–H and O–H groups in total. The third-order valence-corrected chi connectivity index (χ3v) is 6.84. The van der Waals surface area contributed by atoms with Gasteiger partial charge in [0.1, 0.15) is 4.33 Å². The molecule has 0 aliphatic heterocycles. The second-order valence-corrected chi connectivity index (χ2v) is 10.4. The summed E-state index contributed by atoms with van der Waals surface area (Å²) in [6.07, 6.45) is -5.27. The lowest BCUT2D eigenvalue weighted by atomic mass is 10.1. The standard InChI is InChI=1S/C21H16Cl5F3N2O2/c1-9(21(27,28)29)4-16(32)31-15-8-13(2-3-14(15)24)30-19(33)18-17(20(18,25)26)10-5-11(22)7-12(23)6-10/h2-3,5-9,17-18H,4H2,1H3,(H,30,33)(H,31,32). The van der Waals surface area contributed by atoms with Crippen molar-refractivity contribution in [3.63, 3.8) is 0 Å². The Balaban J connectivity index is 1.71. The number of carbonyl (C=O) groups excluding carboxylic acids is 2. The number of anilines is 2. The van der Waals surface area contributed by atoms with Crippen molar-refractivity contribution in [3.8, 4) is 0 Å². The average molecular weight is 563 g/mol. The van der Waals surface area contributed by atoms with Crippen molar-refractivity contribution in [3.05, 3.63) is 57.0 Å². The lowest BCUT2D eigenvalue weighted by molar-refractivity contribution is -0.173. The quantitative estimate of drug-likeness (QED) is 0.355. The van der Waals surface area contributed by atoms with Crippen molar-refractivity contribution in [2.75, 3.05) is 10.6 Å². The number of halogens is 8. The number of hydrogen-bond donors (Lipinski definition) is 2. The molecule has 33 heavy (non-hydrogen) atoms. The SMILES string of the molecule is CC(CC(=O)Nc1cc(NC(=O)C2C(c3cc(Cl)cc(Cl)c3)C2(Cl)Cl)ccc1Cl)C(F)(F)F. The van der Waals surface area contributed by atoms with E-state index in [0.29, 0.717) is 15.6 Å². The summed E-state index contributed by atoms with van der Waals surface area (Å²) >= 11 is 30.7. The summed E-state index contributed by atoms with van der Waals surface area (Å²) in [5.41, 5.74) is 0.883. The van der Waals surface area contributed by atoms with Crippen LogP contribution < -0.4 is 10.6 Å². The van der Waals surface area contributed by atoms with Gasteiger partial charge >= 0.3 is 6.18 Å². The molecule has 178 valence electrons. The average Bonchev–Trinajstić information content (AvgIpc) is 3.25. The van der Waals surface area contributed by atoms with Crippen LogP contribution in [0.1, 0.15) is 24.8 Å². The molecular formula is C21H16Cl5F3N2O2. The van der Waals surface area contributed by atoms with Crippen molar-refractivity contribution < 1.29 is 22.8 Å². The molecule has 3 unspecified atom stereocenters. The predicted molar refractivity (Wildman–Crippen MR) is 126 cm³/mol. The summed E-state index contributed by atoms with van der Waals surface area (Å²) < 4.78 is 36.7. The molecule has 0 heterocycles. The van der Waals surface area contributed by atoms with E-state index < -0.39 is 46.5 Å². The Hall–Kier alpha value is -1.38. The summed E-state index contributed by atoms with van der Waals surface area (Å²) in [5, 5.41) is 5.78. The van der Waals surface area contributed by atoms with Crippen LogP contribution in [-0.4, -0.2) is 22.3 Å². The van der Waals surface area contributed by atoms with E-state index in [0.717, 1.165) is 6.92 Å². The Labute approximate surface area is 212 Å². The summed E-state index contributed by atoms with van der Waals surface area (Å²) in [4.78, 5) is 24.8. The Morgan fingerprint density at radius 2 is 1.64 bits per heavy atom. The van der Waals surface area contributed by atoms with Gasteiger partial charge in [0.25, 0.3) is 0 Å². The van der Waals surface area contributed by atoms with Gasteiger partial charge in [-0.3, -0.25) is 9.59 Å². The fourth-order valence-electron chi connectivity index (χ4n) is 3.34. The number of alkyl halides is 5. The highest BCUT2D eigenvalue weighted by Crippen LogP contribution is 2.65. The number of nitrogens with one attached hydrogen (secondary N) is 2. The van der Waals surface area contributed by atoms with Crippen LogP contribution in [-0.2, 0) is 9.59 Å². The van der Waals surface area contributed by atoms with Crippen LogP contribution in [0.3, 0.4) is 0 Å². The van der Waals surface area contributed by atoms with Gasteiger partial charge in [-0.2, -0.15) is 13.2 Å². The van der Waals surface area contributed by atoms with E-state index >= 15 is 0 Å². The van der Waals surface area contributed by atoms with E-state index in [4.69, 9.17) is 58.0 Å². The van der Waals surface area contributed by atoms with Gasteiger partial charge in [0, 0.05) is 28.1 Å². The third kappa shape index (κ3) is 6.20. The lowest BCUT2D eigenvalue weighted by Gasteiger charge is -2.16. The molecule has 3 atom stereocenters. The van der Waals surface area contributed by atoms with Crippen LogP contribution in [0.25, 0.3) is 0 Å². The zero-order valence-electron chi connectivity index (χ0n) is 16.7. The van der Waals surface area contributed by atoms with Crippen LogP contribution in [0.2, 0.25) is 15.1 Å². The van der Waals surface area contributed by atoms with Crippen molar-refractivity contribution >= 4 is 81.2 Å². The third-order valence-electron chi connectivity index (χ3n) is 5.14. The van der Waals surface area contributed by atoms with Gasteiger partial charge in [0.05, 0.1) is 22.5 Å². The zero-order valence-corrected chi connectivity index (χ0v) is 20.5. The maximum Gasteiger partial charge on any atom is 0.392 e. The normalized spacial score (nSPS) is 20.2. The molecule has 0 bridgehead atoms. The molecule has 0 radical (unpaired) electrons.